The molecule has 0 bridgehead atoms. The normalized spacial score (nSPS) is 11.0. The molecule has 1 N–H and O–H groups in total. The summed E-state index contributed by atoms with van der Waals surface area (Å²) in [6, 6.07) is 18.0. The minimum atomic E-state index is -0.584. The van der Waals surface area contributed by atoms with Crippen LogP contribution in [0, 0.1) is 25.2 Å². The number of benzene rings is 3. The molecule has 0 radical (unpaired) electrons. The zero-order valence-corrected chi connectivity index (χ0v) is 22.1. The third kappa shape index (κ3) is 7.45. The van der Waals surface area contributed by atoms with Crippen LogP contribution in [0.2, 0.25) is 5.02 Å². The van der Waals surface area contributed by atoms with E-state index in [1.54, 1.807) is 43.3 Å². The van der Waals surface area contributed by atoms with Crippen molar-refractivity contribution in [3.8, 4) is 11.8 Å². The number of hydrogen-bond donors (Lipinski definition) is 1. The first-order chi connectivity index (χ1) is 17.7. The molecule has 0 atom stereocenters. The number of anilines is 1. The second-order valence-corrected chi connectivity index (χ2v) is 8.91. The molecule has 6 nitrogen and oxygen atoms in total. The van der Waals surface area contributed by atoms with E-state index in [0.717, 1.165) is 11.1 Å². The van der Waals surface area contributed by atoms with Crippen molar-refractivity contribution in [2.24, 2.45) is 0 Å². The average Bonchev–Trinajstić information content (AvgIpc) is 2.84. The van der Waals surface area contributed by atoms with E-state index in [-0.39, 0.29) is 12.2 Å². The molecule has 0 aromatic heterocycles. The molecule has 0 heterocycles. The van der Waals surface area contributed by atoms with Crippen LogP contribution in [0.25, 0.3) is 6.08 Å². The van der Waals surface area contributed by atoms with Crippen molar-refractivity contribution in [2.75, 3.05) is 18.5 Å². The van der Waals surface area contributed by atoms with Gasteiger partial charge < -0.3 is 14.8 Å². The van der Waals surface area contributed by atoms with Gasteiger partial charge in [0, 0.05) is 22.7 Å². The summed E-state index contributed by atoms with van der Waals surface area (Å²) >= 11 is 6.67. The van der Waals surface area contributed by atoms with Crippen LogP contribution >= 0.6 is 11.6 Å². The summed E-state index contributed by atoms with van der Waals surface area (Å²) in [5.41, 5.74) is 5.58. The highest BCUT2D eigenvalue weighted by Gasteiger charge is 2.15. The van der Waals surface area contributed by atoms with Gasteiger partial charge in [0.1, 0.15) is 17.4 Å². The Morgan fingerprint density at radius 1 is 1.00 bits per heavy atom. The lowest BCUT2D eigenvalue weighted by molar-refractivity contribution is -0.112. The number of nitriles is 1. The van der Waals surface area contributed by atoms with E-state index in [9.17, 15) is 14.9 Å². The number of halogens is 1. The number of nitrogens with zero attached hydrogens (tertiary/aromatic N) is 1. The predicted molar refractivity (Wildman–Crippen MR) is 146 cm³/mol. The van der Waals surface area contributed by atoms with Gasteiger partial charge in [0.15, 0.2) is 0 Å². The monoisotopic (exact) mass is 516 g/mol. The van der Waals surface area contributed by atoms with Crippen LogP contribution in [0.15, 0.2) is 60.2 Å². The molecule has 0 saturated heterocycles. The number of nitrogens with one attached hydrogen (secondary N) is 1. The summed E-state index contributed by atoms with van der Waals surface area (Å²) in [7, 11) is 0. The standard InChI is InChI=1S/C30H29ClN2O4/c1-5-36-28-17-22(16-27(31)26(28)15-21-12-19(3)11-20(4)13-21)14-24(18-32)29(34)33-25-9-7-23(8-10-25)30(35)37-6-2/h7-14,16-17H,5-6,15H2,1-4H3,(H,33,34)/b24-14+. The van der Waals surface area contributed by atoms with Gasteiger partial charge in [-0.05, 0) is 81.3 Å². The van der Waals surface area contributed by atoms with E-state index in [1.807, 2.05) is 13.0 Å². The summed E-state index contributed by atoms with van der Waals surface area (Å²) in [4.78, 5) is 24.6. The van der Waals surface area contributed by atoms with Crippen LogP contribution < -0.4 is 10.1 Å². The molecular formula is C30H29ClN2O4. The third-order valence-corrected chi connectivity index (χ3v) is 5.81. The summed E-state index contributed by atoms with van der Waals surface area (Å²) in [6.45, 7) is 8.44. The van der Waals surface area contributed by atoms with Crippen LogP contribution in [0.5, 0.6) is 5.75 Å². The highest BCUT2D eigenvalue weighted by Crippen LogP contribution is 2.32. The first kappa shape index (κ1) is 27.5. The molecule has 3 rings (SSSR count). The highest BCUT2D eigenvalue weighted by molar-refractivity contribution is 6.31. The van der Waals surface area contributed by atoms with Gasteiger partial charge >= 0.3 is 5.97 Å². The summed E-state index contributed by atoms with van der Waals surface area (Å²) in [6.07, 6.45) is 2.06. The maximum atomic E-state index is 12.8. The number of carbonyl (C=O) groups is 2. The molecule has 3 aromatic carbocycles. The van der Waals surface area contributed by atoms with Crippen LogP contribution in [0.1, 0.15) is 52.0 Å². The first-order valence-electron chi connectivity index (χ1n) is 12.0. The van der Waals surface area contributed by atoms with Gasteiger partial charge in [0.25, 0.3) is 5.91 Å². The topological polar surface area (TPSA) is 88.4 Å². The van der Waals surface area contributed by atoms with E-state index in [1.165, 1.54) is 17.2 Å². The number of aryl methyl sites for hydroxylation is 2. The van der Waals surface area contributed by atoms with Crippen LogP contribution in [-0.4, -0.2) is 25.1 Å². The molecule has 0 aliphatic carbocycles. The second kappa shape index (κ2) is 12.8. The minimum absolute atomic E-state index is 0.102. The quantitative estimate of drug-likeness (QED) is 0.195. The second-order valence-electron chi connectivity index (χ2n) is 8.51. The van der Waals surface area contributed by atoms with Gasteiger partial charge in [-0.3, -0.25) is 4.79 Å². The van der Waals surface area contributed by atoms with Gasteiger partial charge in [-0.2, -0.15) is 5.26 Å². The fraction of sp³-hybridized carbons (Fsp3) is 0.233. The van der Waals surface area contributed by atoms with E-state index in [4.69, 9.17) is 21.1 Å². The zero-order chi connectivity index (χ0) is 26.9. The van der Waals surface area contributed by atoms with Gasteiger partial charge in [0.2, 0.25) is 0 Å². The third-order valence-electron chi connectivity index (χ3n) is 5.47. The fourth-order valence-electron chi connectivity index (χ4n) is 3.96. The highest BCUT2D eigenvalue weighted by atomic mass is 35.5. The Kier molecular flexibility index (Phi) is 9.48. The van der Waals surface area contributed by atoms with Crippen LogP contribution in [0.3, 0.4) is 0 Å². The molecular weight excluding hydrogens is 488 g/mol. The summed E-state index contributed by atoms with van der Waals surface area (Å²) in [5.74, 6) is -0.423. The Hall–Kier alpha value is -4.08. The number of hydrogen-bond acceptors (Lipinski definition) is 5. The largest absolute Gasteiger partial charge is 0.494 e. The van der Waals surface area contributed by atoms with Gasteiger partial charge in [-0.25, -0.2) is 4.79 Å². The van der Waals surface area contributed by atoms with Gasteiger partial charge in [-0.15, -0.1) is 0 Å². The van der Waals surface area contributed by atoms with Crippen molar-refractivity contribution in [1.82, 2.24) is 0 Å². The molecule has 0 unspecified atom stereocenters. The first-order valence-corrected chi connectivity index (χ1v) is 12.3. The Morgan fingerprint density at radius 3 is 2.27 bits per heavy atom. The maximum absolute atomic E-state index is 12.8. The van der Waals surface area contributed by atoms with Gasteiger partial charge in [0.05, 0.1) is 18.8 Å². The molecule has 1 amide bonds. The molecule has 190 valence electrons. The Balaban J connectivity index is 1.85. The van der Waals surface area contributed by atoms with Crippen molar-refractivity contribution in [3.63, 3.8) is 0 Å². The zero-order valence-electron chi connectivity index (χ0n) is 21.4. The van der Waals surface area contributed by atoms with Crippen molar-refractivity contribution in [3.05, 3.63) is 98.6 Å². The number of rotatable bonds is 9. The van der Waals surface area contributed by atoms with E-state index in [2.05, 4.69) is 37.4 Å². The molecule has 0 fully saturated rings. The minimum Gasteiger partial charge on any atom is -0.494 e. The molecule has 37 heavy (non-hydrogen) atoms. The SMILES string of the molecule is CCOC(=O)c1ccc(NC(=O)/C(C#N)=C/c2cc(Cl)c(Cc3cc(C)cc(C)c3)c(OCC)c2)cc1. The Morgan fingerprint density at radius 2 is 1.68 bits per heavy atom. The number of amides is 1. The average molecular weight is 517 g/mol. The lowest BCUT2D eigenvalue weighted by Gasteiger charge is -2.14. The number of esters is 1. The summed E-state index contributed by atoms with van der Waals surface area (Å²) < 4.78 is 10.8. The smallest absolute Gasteiger partial charge is 0.338 e. The Labute approximate surface area is 222 Å². The van der Waals surface area contributed by atoms with E-state index < -0.39 is 11.9 Å². The van der Waals surface area contributed by atoms with E-state index >= 15 is 0 Å². The van der Waals surface area contributed by atoms with E-state index in [0.29, 0.717) is 40.6 Å². The van der Waals surface area contributed by atoms with Crippen molar-refractivity contribution >= 4 is 35.2 Å². The maximum Gasteiger partial charge on any atom is 0.338 e. The van der Waals surface area contributed by atoms with Crippen molar-refractivity contribution in [1.29, 1.82) is 5.26 Å². The Bertz CT molecular complexity index is 1350. The lowest BCUT2D eigenvalue weighted by Crippen LogP contribution is -2.13. The lowest BCUT2D eigenvalue weighted by atomic mass is 9.98. The predicted octanol–water partition coefficient (Wildman–Crippen LogP) is 6.67. The number of ether oxygens (including phenoxy) is 2. The molecule has 0 spiro atoms. The van der Waals surface area contributed by atoms with Crippen molar-refractivity contribution in [2.45, 2.75) is 34.1 Å². The van der Waals surface area contributed by atoms with Crippen LogP contribution in [-0.2, 0) is 16.0 Å². The summed E-state index contributed by atoms with van der Waals surface area (Å²) in [5, 5.41) is 12.8. The molecule has 3 aromatic rings. The fourth-order valence-corrected chi connectivity index (χ4v) is 4.25. The van der Waals surface area contributed by atoms with Gasteiger partial charge in [-0.1, -0.05) is 40.9 Å². The molecule has 0 aliphatic rings. The molecule has 0 aliphatic heterocycles. The van der Waals surface area contributed by atoms with Crippen molar-refractivity contribution < 1.29 is 19.1 Å². The van der Waals surface area contributed by atoms with Crippen LogP contribution in [0.4, 0.5) is 5.69 Å². The molecule has 7 heteroatoms. The molecule has 0 saturated carbocycles. The number of carbonyl (C=O) groups excluding carboxylic acids is 2.